The van der Waals surface area contributed by atoms with E-state index in [9.17, 15) is 9.90 Å². The number of benzene rings is 2. The zero-order chi connectivity index (χ0) is 15.9. The zero-order valence-electron chi connectivity index (χ0n) is 12.8. The Bertz CT molecular complexity index is 653. The second-order valence-electron chi connectivity index (χ2n) is 5.51. The normalized spacial score (nSPS) is 10.4. The molecular formula is C18H22N2O2. The van der Waals surface area contributed by atoms with Crippen molar-refractivity contribution in [3.05, 3.63) is 59.2 Å². The van der Waals surface area contributed by atoms with Gasteiger partial charge in [0, 0.05) is 6.54 Å². The van der Waals surface area contributed by atoms with Crippen LogP contribution in [0.3, 0.4) is 0 Å². The summed E-state index contributed by atoms with van der Waals surface area (Å²) in [6.07, 6.45) is 2.13. The molecule has 0 heterocycles. The molecule has 0 aliphatic carbocycles. The number of nitrogen functional groups attached to an aromatic ring is 1. The molecule has 4 heteroatoms. The minimum absolute atomic E-state index is 0.0330. The van der Waals surface area contributed by atoms with E-state index in [0.29, 0.717) is 12.2 Å². The van der Waals surface area contributed by atoms with Gasteiger partial charge in [-0.15, -0.1) is 0 Å². The molecule has 0 spiro atoms. The van der Waals surface area contributed by atoms with Gasteiger partial charge in [0.25, 0.3) is 0 Å². The van der Waals surface area contributed by atoms with Crippen molar-refractivity contribution in [2.45, 2.75) is 26.2 Å². The zero-order valence-corrected chi connectivity index (χ0v) is 12.8. The van der Waals surface area contributed by atoms with Gasteiger partial charge in [-0.2, -0.15) is 0 Å². The van der Waals surface area contributed by atoms with Gasteiger partial charge in [0.1, 0.15) is 5.75 Å². The molecule has 0 atom stereocenters. The number of carbonyl (C=O) groups is 1. The lowest BCUT2D eigenvalue weighted by Gasteiger charge is -2.07. The Morgan fingerprint density at radius 1 is 1.18 bits per heavy atom. The van der Waals surface area contributed by atoms with Gasteiger partial charge in [-0.1, -0.05) is 35.9 Å². The number of carbonyl (C=O) groups excluding carboxylic acids is 1. The highest BCUT2D eigenvalue weighted by Crippen LogP contribution is 2.20. The van der Waals surface area contributed by atoms with Gasteiger partial charge in [0.05, 0.1) is 12.1 Å². The number of aryl methyl sites for hydroxylation is 2. The fourth-order valence-corrected chi connectivity index (χ4v) is 2.35. The molecular weight excluding hydrogens is 276 g/mol. The molecule has 4 nitrogen and oxygen atoms in total. The predicted molar refractivity (Wildman–Crippen MR) is 88.7 cm³/mol. The van der Waals surface area contributed by atoms with Crippen molar-refractivity contribution < 1.29 is 9.90 Å². The lowest BCUT2D eigenvalue weighted by Crippen LogP contribution is -2.26. The number of phenols is 1. The van der Waals surface area contributed by atoms with Crippen LogP contribution in [-0.4, -0.2) is 17.6 Å². The second-order valence-corrected chi connectivity index (χ2v) is 5.51. The van der Waals surface area contributed by atoms with Crippen LogP contribution in [0.1, 0.15) is 23.1 Å². The van der Waals surface area contributed by atoms with Crippen LogP contribution in [0.25, 0.3) is 0 Å². The summed E-state index contributed by atoms with van der Waals surface area (Å²) in [4.78, 5) is 11.9. The van der Waals surface area contributed by atoms with Gasteiger partial charge in [-0.3, -0.25) is 4.79 Å². The van der Waals surface area contributed by atoms with Crippen molar-refractivity contribution in [1.82, 2.24) is 5.32 Å². The van der Waals surface area contributed by atoms with Gasteiger partial charge >= 0.3 is 0 Å². The summed E-state index contributed by atoms with van der Waals surface area (Å²) in [5.74, 6) is 0.0108. The van der Waals surface area contributed by atoms with E-state index in [1.54, 1.807) is 12.1 Å². The predicted octanol–water partition coefficient (Wildman–Crippen LogP) is 2.57. The standard InChI is InChI=1S/C18H22N2O2/c1-13-4-2-5-14(10-13)6-3-9-20-18(22)12-15-7-8-17(21)16(19)11-15/h2,4-5,7-8,10-11,21H,3,6,9,12,19H2,1H3,(H,20,22). The summed E-state index contributed by atoms with van der Waals surface area (Å²) in [6, 6.07) is 13.2. The minimum atomic E-state index is -0.0330. The number of hydrogen-bond acceptors (Lipinski definition) is 3. The first-order chi connectivity index (χ1) is 10.5. The van der Waals surface area contributed by atoms with Crippen molar-refractivity contribution in [3.63, 3.8) is 0 Å². The number of rotatable bonds is 6. The molecule has 0 saturated carbocycles. The van der Waals surface area contributed by atoms with Gasteiger partial charge in [-0.25, -0.2) is 0 Å². The summed E-state index contributed by atoms with van der Waals surface area (Å²) in [7, 11) is 0. The van der Waals surface area contributed by atoms with E-state index >= 15 is 0 Å². The third-order valence-corrected chi connectivity index (χ3v) is 3.50. The van der Waals surface area contributed by atoms with Gasteiger partial charge in [0.15, 0.2) is 0 Å². The van der Waals surface area contributed by atoms with Crippen molar-refractivity contribution in [3.8, 4) is 5.75 Å². The molecule has 0 aliphatic heterocycles. The number of nitrogens with two attached hydrogens (primary N) is 1. The topological polar surface area (TPSA) is 75.3 Å². The molecule has 2 aromatic carbocycles. The Kier molecular flexibility index (Phi) is 5.42. The molecule has 116 valence electrons. The molecule has 1 amide bonds. The number of amides is 1. The molecule has 0 fully saturated rings. The second kappa shape index (κ2) is 7.50. The summed E-state index contributed by atoms with van der Waals surface area (Å²) in [5, 5.41) is 12.3. The number of hydrogen-bond donors (Lipinski definition) is 3. The Balaban J connectivity index is 1.72. The van der Waals surface area contributed by atoms with E-state index < -0.39 is 0 Å². The molecule has 0 unspecified atom stereocenters. The molecule has 0 bridgehead atoms. The van der Waals surface area contributed by atoms with Crippen LogP contribution in [0.5, 0.6) is 5.75 Å². The van der Waals surface area contributed by atoms with E-state index in [0.717, 1.165) is 18.4 Å². The number of phenolic OH excluding ortho intramolecular Hbond substituents is 1. The molecule has 0 saturated heterocycles. The molecule has 2 aromatic rings. The maximum atomic E-state index is 11.9. The van der Waals surface area contributed by atoms with Crippen LogP contribution >= 0.6 is 0 Å². The average Bonchev–Trinajstić information content (AvgIpc) is 2.48. The van der Waals surface area contributed by atoms with Gasteiger partial charge in [-0.05, 0) is 43.0 Å². The lowest BCUT2D eigenvalue weighted by molar-refractivity contribution is -0.120. The van der Waals surface area contributed by atoms with Crippen molar-refractivity contribution in [1.29, 1.82) is 0 Å². The molecule has 0 radical (unpaired) electrons. The third-order valence-electron chi connectivity index (χ3n) is 3.50. The van der Waals surface area contributed by atoms with E-state index in [1.807, 2.05) is 0 Å². The highest BCUT2D eigenvalue weighted by molar-refractivity contribution is 5.79. The number of nitrogens with one attached hydrogen (secondary N) is 1. The Labute approximate surface area is 131 Å². The van der Waals surface area contributed by atoms with Crippen molar-refractivity contribution in [2.75, 3.05) is 12.3 Å². The molecule has 0 aromatic heterocycles. The summed E-state index contributed by atoms with van der Waals surface area (Å²) in [6.45, 7) is 2.73. The quantitative estimate of drug-likeness (QED) is 0.436. The van der Waals surface area contributed by atoms with Crippen molar-refractivity contribution in [2.24, 2.45) is 0 Å². The Morgan fingerprint density at radius 2 is 2.00 bits per heavy atom. The first-order valence-electron chi connectivity index (χ1n) is 7.44. The van der Waals surface area contributed by atoms with E-state index in [4.69, 9.17) is 5.73 Å². The van der Waals surface area contributed by atoms with Crippen LogP contribution in [-0.2, 0) is 17.6 Å². The fourth-order valence-electron chi connectivity index (χ4n) is 2.35. The van der Waals surface area contributed by atoms with Crippen LogP contribution in [0.2, 0.25) is 0 Å². The van der Waals surface area contributed by atoms with Crippen LogP contribution in [0, 0.1) is 6.92 Å². The van der Waals surface area contributed by atoms with Crippen molar-refractivity contribution >= 4 is 11.6 Å². The van der Waals surface area contributed by atoms with E-state index in [-0.39, 0.29) is 18.1 Å². The number of anilines is 1. The molecule has 2 rings (SSSR count). The smallest absolute Gasteiger partial charge is 0.224 e. The monoisotopic (exact) mass is 298 g/mol. The Hall–Kier alpha value is -2.49. The van der Waals surface area contributed by atoms with Crippen LogP contribution in [0.15, 0.2) is 42.5 Å². The molecule has 4 N–H and O–H groups in total. The highest BCUT2D eigenvalue weighted by Gasteiger charge is 2.05. The van der Waals surface area contributed by atoms with E-state index in [1.165, 1.54) is 17.2 Å². The average molecular weight is 298 g/mol. The van der Waals surface area contributed by atoms with Crippen LogP contribution < -0.4 is 11.1 Å². The summed E-state index contributed by atoms with van der Waals surface area (Å²) in [5.41, 5.74) is 9.25. The van der Waals surface area contributed by atoms with Crippen LogP contribution in [0.4, 0.5) is 5.69 Å². The number of aromatic hydroxyl groups is 1. The van der Waals surface area contributed by atoms with Gasteiger partial charge < -0.3 is 16.2 Å². The maximum absolute atomic E-state index is 11.9. The Morgan fingerprint density at radius 3 is 2.73 bits per heavy atom. The highest BCUT2D eigenvalue weighted by atomic mass is 16.3. The lowest BCUT2D eigenvalue weighted by atomic mass is 10.1. The largest absolute Gasteiger partial charge is 0.506 e. The minimum Gasteiger partial charge on any atom is -0.506 e. The summed E-state index contributed by atoms with van der Waals surface area (Å²) < 4.78 is 0. The first kappa shape index (κ1) is 15.9. The third kappa shape index (κ3) is 4.81. The SMILES string of the molecule is Cc1cccc(CCCNC(=O)Cc2ccc(O)c(N)c2)c1. The molecule has 22 heavy (non-hydrogen) atoms. The summed E-state index contributed by atoms with van der Waals surface area (Å²) >= 11 is 0. The molecule has 0 aliphatic rings. The first-order valence-corrected chi connectivity index (χ1v) is 7.44. The van der Waals surface area contributed by atoms with Gasteiger partial charge in [0.2, 0.25) is 5.91 Å². The maximum Gasteiger partial charge on any atom is 0.224 e. The van der Waals surface area contributed by atoms with E-state index in [2.05, 4.69) is 36.5 Å². The fraction of sp³-hybridized carbons (Fsp3) is 0.278.